The molecule has 3 rings (SSSR count). The Labute approximate surface area is 108 Å². The minimum absolute atomic E-state index is 0.889. The van der Waals surface area contributed by atoms with E-state index in [1.807, 2.05) is 12.1 Å². The van der Waals surface area contributed by atoms with Crippen LogP contribution >= 0.6 is 0 Å². The molecule has 0 spiro atoms. The zero-order valence-electron chi connectivity index (χ0n) is 10.7. The Kier molecular flexibility index (Phi) is 2.71. The molecule has 2 N–H and O–H groups in total. The van der Waals surface area contributed by atoms with Gasteiger partial charge in [0.2, 0.25) is 0 Å². The second kappa shape index (κ2) is 4.37. The molecule has 2 aromatic carbocycles. The van der Waals surface area contributed by atoms with Crippen molar-refractivity contribution in [2.75, 3.05) is 17.2 Å². The van der Waals surface area contributed by atoms with Gasteiger partial charge in [0.1, 0.15) is 0 Å². The van der Waals surface area contributed by atoms with Crippen molar-refractivity contribution in [3.63, 3.8) is 0 Å². The predicted octanol–water partition coefficient (Wildman–Crippen LogP) is 3.14. The van der Waals surface area contributed by atoms with E-state index in [-0.39, 0.29) is 0 Å². The number of rotatable bonds is 2. The van der Waals surface area contributed by atoms with E-state index >= 15 is 0 Å². The van der Waals surface area contributed by atoms with Crippen molar-refractivity contribution in [2.24, 2.45) is 0 Å². The quantitative estimate of drug-likeness (QED) is 0.814. The summed E-state index contributed by atoms with van der Waals surface area (Å²) in [6, 6.07) is 14.9. The molecule has 2 heteroatoms. The maximum Gasteiger partial charge on any atom is 0.0433 e. The maximum atomic E-state index is 5.97. The summed E-state index contributed by atoms with van der Waals surface area (Å²) in [5.74, 6) is 0. The number of fused-ring (bicyclic) bond motifs is 1. The number of anilines is 2. The summed E-state index contributed by atoms with van der Waals surface area (Å²) in [6.45, 7) is 4.16. The van der Waals surface area contributed by atoms with E-state index < -0.39 is 0 Å². The maximum absolute atomic E-state index is 5.97. The van der Waals surface area contributed by atoms with Gasteiger partial charge in [-0.15, -0.1) is 0 Å². The second-order valence-electron chi connectivity index (χ2n) is 4.93. The Morgan fingerprint density at radius 3 is 2.83 bits per heavy atom. The molecule has 0 amide bonds. The molecule has 0 aliphatic carbocycles. The van der Waals surface area contributed by atoms with E-state index in [9.17, 15) is 0 Å². The first-order valence-electron chi connectivity index (χ1n) is 6.42. The van der Waals surface area contributed by atoms with Crippen LogP contribution in [0.1, 0.15) is 16.7 Å². The number of nitrogen functional groups attached to an aromatic ring is 1. The van der Waals surface area contributed by atoms with Crippen LogP contribution in [-0.2, 0) is 13.0 Å². The Morgan fingerprint density at radius 2 is 1.94 bits per heavy atom. The standard InChI is InChI=1S/C16H18N2/c1-12-14(6-4-7-15(12)17)11-18-10-9-13-5-2-3-8-16(13)18/h2-8H,9-11,17H2,1H3. The fourth-order valence-electron chi connectivity index (χ4n) is 2.65. The minimum atomic E-state index is 0.889. The molecule has 0 saturated heterocycles. The SMILES string of the molecule is Cc1c(N)cccc1CN1CCc2ccccc21. The summed E-state index contributed by atoms with van der Waals surface area (Å²) in [7, 11) is 0. The van der Waals surface area contributed by atoms with Crippen LogP contribution in [0.2, 0.25) is 0 Å². The average Bonchev–Trinajstić information content (AvgIpc) is 2.79. The number of para-hydroxylation sites is 1. The lowest BCUT2D eigenvalue weighted by Gasteiger charge is -2.21. The first-order valence-corrected chi connectivity index (χ1v) is 6.42. The van der Waals surface area contributed by atoms with Gasteiger partial charge in [0.05, 0.1) is 0 Å². The summed E-state index contributed by atoms with van der Waals surface area (Å²) in [5.41, 5.74) is 12.2. The molecule has 0 bridgehead atoms. The Hall–Kier alpha value is -1.96. The summed E-state index contributed by atoms with van der Waals surface area (Å²) in [5, 5.41) is 0. The number of nitrogens with two attached hydrogens (primary N) is 1. The molecule has 0 aromatic heterocycles. The monoisotopic (exact) mass is 238 g/mol. The number of nitrogens with zero attached hydrogens (tertiary/aromatic N) is 1. The van der Waals surface area contributed by atoms with E-state index in [2.05, 4.69) is 42.2 Å². The van der Waals surface area contributed by atoms with Crippen LogP contribution in [0.3, 0.4) is 0 Å². The van der Waals surface area contributed by atoms with E-state index in [1.165, 1.54) is 22.4 Å². The van der Waals surface area contributed by atoms with Crippen molar-refractivity contribution >= 4 is 11.4 Å². The summed E-state index contributed by atoms with van der Waals surface area (Å²) in [4.78, 5) is 2.44. The second-order valence-corrected chi connectivity index (χ2v) is 4.93. The minimum Gasteiger partial charge on any atom is -0.399 e. The highest BCUT2D eigenvalue weighted by molar-refractivity contribution is 5.59. The van der Waals surface area contributed by atoms with Crippen molar-refractivity contribution < 1.29 is 0 Å². The number of hydrogen-bond donors (Lipinski definition) is 1. The highest BCUT2D eigenvalue weighted by Gasteiger charge is 2.18. The molecule has 1 heterocycles. The van der Waals surface area contributed by atoms with Gasteiger partial charge < -0.3 is 10.6 Å². The molecular weight excluding hydrogens is 220 g/mol. The lowest BCUT2D eigenvalue weighted by atomic mass is 10.1. The van der Waals surface area contributed by atoms with Gasteiger partial charge in [0.25, 0.3) is 0 Å². The first kappa shape index (κ1) is 11.1. The molecule has 0 fully saturated rings. The van der Waals surface area contributed by atoms with Gasteiger partial charge >= 0.3 is 0 Å². The van der Waals surface area contributed by atoms with Gasteiger partial charge in [0.15, 0.2) is 0 Å². The Balaban J connectivity index is 1.89. The number of benzene rings is 2. The lowest BCUT2D eigenvalue weighted by molar-refractivity contribution is 0.832. The molecule has 0 radical (unpaired) electrons. The Morgan fingerprint density at radius 1 is 1.11 bits per heavy atom. The number of hydrogen-bond acceptors (Lipinski definition) is 2. The van der Waals surface area contributed by atoms with Crippen LogP contribution < -0.4 is 10.6 Å². The average molecular weight is 238 g/mol. The van der Waals surface area contributed by atoms with Crippen molar-refractivity contribution in [2.45, 2.75) is 19.9 Å². The highest BCUT2D eigenvalue weighted by atomic mass is 15.1. The zero-order valence-corrected chi connectivity index (χ0v) is 10.7. The molecule has 0 unspecified atom stereocenters. The van der Waals surface area contributed by atoms with Gasteiger partial charge in [-0.25, -0.2) is 0 Å². The van der Waals surface area contributed by atoms with E-state index in [4.69, 9.17) is 5.73 Å². The summed E-state index contributed by atoms with van der Waals surface area (Å²) >= 11 is 0. The lowest BCUT2D eigenvalue weighted by Crippen LogP contribution is -2.20. The zero-order chi connectivity index (χ0) is 12.5. The molecule has 92 valence electrons. The van der Waals surface area contributed by atoms with Gasteiger partial charge in [0, 0.05) is 24.5 Å². The van der Waals surface area contributed by atoms with Crippen LogP contribution in [-0.4, -0.2) is 6.54 Å². The van der Waals surface area contributed by atoms with Crippen LogP contribution in [0.5, 0.6) is 0 Å². The molecule has 1 aliphatic heterocycles. The third-order valence-corrected chi connectivity index (χ3v) is 3.83. The molecule has 1 aliphatic rings. The fraction of sp³-hybridized carbons (Fsp3) is 0.250. The largest absolute Gasteiger partial charge is 0.399 e. The first-order chi connectivity index (χ1) is 8.75. The third kappa shape index (κ3) is 1.84. The summed E-state index contributed by atoms with van der Waals surface area (Å²) in [6.07, 6.45) is 1.15. The normalized spacial score (nSPS) is 13.7. The highest BCUT2D eigenvalue weighted by Crippen LogP contribution is 2.29. The predicted molar refractivity (Wildman–Crippen MR) is 76.8 cm³/mol. The van der Waals surface area contributed by atoms with Crippen LogP contribution in [0.15, 0.2) is 42.5 Å². The molecular formula is C16H18N2. The molecule has 2 aromatic rings. The van der Waals surface area contributed by atoms with Crippen LogP contribution in [0.4, 0.5) is 11.4 Å². The van der Waals surface area contributed by atoms with Crippen molar-refractivity contribution in [3.8, 4) is 0 Å². The van der Waals surface area contributed by atoms with Gasteiger partial charge in [-0.1, -0.05) is 30.3 Å². The van der Waals surface area contributed by atoms with Crippen molar-refractivity contribution in [1.82, 2.24) is 0 Å². The van der Waals surface area contributed by atoms with Crippen molar-refractivity contribution in [3.05, 3.63) is 59.2 Å². The molecule has 2 nitrogen and oxygen atoms in total. The molecule has 0 atom stereocenters. The van der Waals surface area contributed by atoms with Gasteiger partial charge in [-0.05, 0) is 42.2 Å². The van der Waals surface area contributed by atoms with Crippen LogP contribution in [0.25, 0.3) is 0 Å². The van der Waals surface area contributed by atoms with Gasteiger partial charge in [-0.2, -0.15) is 0 Å². The fourth-order valence-corrected chi connectivity index (χ4v) is 2.65. The summed E-state index contributed by atoms with van der Waals surface area (Å²) < 4.78 is 0. The van der Waals surface area contributed by atoms with E-state index in [1.54, 1.807) is 0 Å². The topological polar surface area (TPSA) is 29.3 Å². The van der Waals surface area contributed by atoms with Gasteiger partial charge in [-0.3, -0.25) is 0 Å². The van der Waals surface area contributed by atoms with Crippen LogP contribution in [0, 0.1) is 6.92 Å². The molecule has 0 saturated carbocycles. The van der Waals surface area contributed by atoms with E-state index in [0.29, 0.717) is 0 Å². The molecule has 18 heavy (non-hydrogen) atoms. The Bertz CT molecular complexity index is 575. The smallest absolute Gasteiger partial charge is 0.0433 e. The van der Waals surface area contributed by atoms with E-state index in [0.717, 1.165) is 25.2 Å². The van der Waals surface area contributed by atoms with Crippen molar-refractivity contribution in [1.29, 1.82) is 0 Å². The third-order valence-electron chi connectivity index (χ3n) is 3.83.